The van der Waals surface area contributed by atoms with Crippen LogP contribution in [0.1, 0.15) is 47.0 Å². The first-order chi connectivity index (χ1) is 9.61. The van der Waals surface area contributed by atoms with Gasteiger partial charge in [-0.2, -0.15) is 0 Å². The van der Waals surface area contributed by atoms with E-state index in [2.05, 4.69) is 0 Å². The fourth-order valence-corrected chi connectivity index (χ4v) is 3.73. The average molecular weight is 298 g/mol. The zero-order valence-corrected chi connectivity index (χ0v) is 13.2. The number of hydrogen-bond donors (Lipinski definition) is 2. The minimum atomic E-state index is -0.961. The van der Waals surface area contributed by atoms with Crippen molar-refractivity contribution in [2.75, 3.05) is 0 Å². The SMILES string of the molecule is CC1C(C(N)C(=O)O)CC2CCC1N2C(=O)OC(C)(C)C. The second-order valence-electron chi connectivity index (χ2n) is 7.31. The summed E-state index contributed by atoms with van der Waals surface area (Å²) >= 11 is 0. The Labute approximate surface area is 125 Å². The molecule has 2 saturated heterocycles. The molecule has 0 aromatic carbocycles. The molecule has 0 saturated carbocycles. The van der Waals surface area contributed by atoms with Crippen LogP contribution >= 0.6 is 0 Å². The van der Waals surface area contributed by atoms with Gasteiger partial charge in [-0.05, 0) is 51.9 Å². The molecule has 2 rings (SSSR count). The maximum Gasteiger partial charge on any atom is 0.410 e. The molecule has 2 aliphatic heterocycles. The Bertz CT molecular complexity index is 432. The number of piperidine rings is 1. The highest BCUT2D eigenvalue weighted by Gasteiger charge is 2.50. The van der Waals surface area contributed by atoms with Crippen molar-refractivity contribution >= 4 is 12.1 Å². The molecule has 0 aromatic rings. The monoisotopic (exact) mass is 298 g/mol. The topological polar surface area (TPSA) is 92.9 Å². The lowest BCUT2D eigenvalue weighted by Crippen LogP contribution is -2.56. The molecule has 3 N–H and O–H groups in total. The average Bonchev–Trinajstić information content (AvgIpc) is 2.68. The van der Waals surface area contributed by atoms with Gasteiger partial charge in [0.15, 0.2) is 0 Å². The van der Waals surface area contributed by atoms with Crippen molar-refractivity contribution in [1.29, 1.82) is 0 Å². The van der Waals surface area contributed by atoms with Gasteiger partial charge in [-0.1, -0.05) is 6.92 Å². The number of nitrogens with two attached hydrogens (primary N) is 1. The van der Waals surface area contributed by atoms with Crippen molar-refractivity contribution in [2.24, 2.45) is 17.6 Å². The summed E-state index contributed by atoms with van der Waals surface area (Å²) in [5, 5.41) is 9.14. The molecule has 6 heteroatoms. The zero-order valence-electron chi connectivity index (χ0n) is 13.2. The number of carboxylic acid groups (broad SMARTS) is 1. The third kappa shape index (κ3) is 3.15. The molecule has 120 valence electrons. The van der Waals surface area contributed by atoms with E-state index in [4.69, 9.17) is 15.6 Å². The summed E-state index contributed by atoms with van der Waals surface area (Å²) in [6.07, 6.45) is 2.15. The van der Waals surface area contributed by atoms with E-state index in [1.165, 1.54) is 0 Å². The third-order valence-corrected chi connectivity index (χ3v) is 4.72. The van der Waals surface area contributed by atoms with Crippen LogP contribution in [0.4, 0.5) is 4.79 Å². The van der Waals surface area contributed by atoms with Crippen LogP contribution in [0.25, 0.3) is 0 Å². The first-order valence-corrected chi connectivity index (χ1v) is 7.61. The van der Waals surface area contributed by atoms with E-state index in [9.17, 15) is 9.59 Å². The first-order valence-electron chi connectivity index (χ1n) is 7.61. The largest absolute Gasteiger partial charge is 0.480 e. The molecular weight excluding hydrogens is 272 g/mol. The highest BCUT2D eigenvalue weighted by molar-refractivity contribution is 5.74. The van der Waals surface area contributed by atoms with Crippen molar-refractivity contribution in [3.63, 3.8) is 0 Å². The lowest BCUT2D eigenvalue weighted by Gasteiger charge is -2.44. The van der Waals surface area contributed by atoms with E-state index in [-0.39, 0.29) is 30.0 Å². The smallest absolute Gasteiger partial charge is 0.410 e. The standard InChI is InChI=1S/C15H26N2O4/c1-8-10(12(16)13(18)19)7-9-5-6-11(8)17(9)14(20)21-15(2,3)4/h8-12H,5-7,16H2,1-4H3,(H,18,19). The van der Waals surface area contributed by atoms with Gasteiger partial charge in [0.05, 0.1) is 0 Å². The number of nitrogens with zero attached hydrogens (tertiary/aromatic N) is 1. The number of ether oxygens (including phenoxy) is 1. The Morgan fingerprint density at radius 2 is 1.95 bits per heavy atom. The van der Waals surface area contributed by atoms with Crippen molar-refractivity contribution in [2.45, 2.75) is 70.7 Å². The maximum absolute atomic E-state index is 12.4. The lowest BCUT2D eigenvalue weighted by molar-refractivity contribution is -0.141. The van der Waals surface area contributed by atoms with E-state index < -0.39 is 17.6 Å². The summed E-state index contributed by atoms with van der Waals surface area (Å²) in [7, 11) is 0. The molecule has 5 atom stereocenters. The van der Waals surface area contributed by atoms with Crippen LogP contribution in [-0.4, -0.2) is 45.8 Å². The molecule has 2 heterocycles. The Balaban J connectivity index is 2.13. The van der Waals surface area contributed by atoms with Crippen LogP contribution < -0.4 is 5.73 Å². The van der Waals surface area contributed by atoms with Gasteiger partial charge >= 0.3 is 12.1 Å². The summed E-state index contributed by atoms with van der Waals surface area (Å²) in [6.45, 7) is 7.55. The minimum absolute atomic E-state index is 0.0361. The number of fused-ring (bicyclic) bond motifs is 2. The van der Waals surface area contributed by atoms with Gasteiger partial charge in [0, 0.05) is 12.1 Å². The Kier molecular flexibility index (Phi) is 4.19. The molecule has 6 nitrogen and oxygen atoms in total. The summed E-state index contributed by atoms with van der Waals surface area (Å²) in [6, 6.07) is -0.769. The molecule has 0 radical (unpaired) electrons. The van der Waals surface area contributed by atoms with Gasteiger partial charge in [0.1, 0.15) is 11.6 Å². The van der Waals surface area contributed by atoms with Crippen LogP contribution in [0.3, 0.4) is 0 Å². The van der Waals surface area contributed by atoms with Crippen molar-refractivity contribution in [1.82, 2.24) is 4.90 Å². The Morgan fingerprint density at radius 1 is 1.33 bits per heavy atom. The number of carboxylic acids is 1. The van der Waals surface area contributed by atoms with E-state index >= 15 is 0 Å². The Hall–Kier alpha value is -1.30. The number of rotatable bonds is 2. The molecule has 0 spiro atoms. The number of amides is 1. The fraction of sp³-hybridized carbons (Fsp3) is 0.867. The quantitative estimate of drug-likeness (QED) is 0.811. The second kappa shape index (κ2) is 5.48. The van der Waals surface area contributed by atoms with E-state index in [0.29, 0.717) is 6.42 Å². The normalized spacial score (nSPS) is 33.7. The lowest BCUT2D eigenvalue weighted by atomic mass is 9.77. The predicted octanol–water partition coefficient (Wildman–Crippen LogP) is 1.82. The fourth-order valence-electron chi connectivity index (χ4n) is 3.73. The summed E-state index contributed by atoms with van der Waals surface area (Å²) in [4.78, 5) is 25.4. The van der Waals surface area contributed by atoms with Gasteiger partial charge < -0.3 is 20.5 Å². The van der Waals surface area contributed by atoms with Crippen molar-refractivity contribution in [3.8, 4) is 0 Å². The molecule has 2 bridgehead atoms. The van der Waals surface area contributed by atoms with Gasteiger partial charge in [0.25, 0.3) is 0 Å². The maximum atomic E-state index is 12.4. The predicted molar refractivity (Wildman–Crippen MR) is 77.8 cm³/mol. The van der Waals surface area contributed by atoms with Gasteiger partial charge in [-0.25, -0.2) is 4.79 Å². The van der Waals surface area contributed by atoms with Crippen LogP contribution in [-0.2, 0) is 9.53 Å². The second-order valence-corrected chi connectivity index (χ2v) is 7.31. The van der Waals surface area contributed by atoms with Crippen LogP contribution in [0.5, 0.6) is 0 Å². The number of carbonyl (C=O) groups is 2. The number of aliphatic carboxylic acids is 1. The molecule has 0 aromatic heterocycles. The first kappa shape index (κ1) is 16.1. The van der Waals surface area contributed by atoms with E-state index in [1.807, 2.05) is 32.6 Å². The molecular formula is C15H26N2O4. The van der Waals surface area contributed by atoms with Crippen LogP contribution in [0.2, 0.25) is 0 Å². The highest BCUT2D eigenvalue weighted by Crippen LogP contribution is 2.43. The molecule has 2 fully saturated rings. The van der Waals surface area contributed by atoms with E-state index in [0.717, 1.165) is 12.8 Å². The van der Waals surface area contributed by atoms with Gasteiger partial charge in [-0.3, -0.25) is 4.79 Å². The number of carbonyl (C=O) groups excluding carboxylic acids is 1. The highest BCUT2D eigenvalue weighted by atomic mass is 16.6. The zero-order chi connectivity index (χ0) is 15.9. The third-order valence-electron chi connectivity index (χ3n) is 4.72. The summed E-state index contributed by atoms with van der Waals surface area (Å²) in [5.41, 5.74) is 5.30. The van der Waals surface area contributed by atoms with Gasteiger partial charge in [-0.15, -0.1) is 0 Å². The van der Waals surface area contributed by atoms with Crippen LogP contribution in [0, 0.1) is 11.8 Å². The molecule has 5 unspecified atom stereocenters. The van der Waals surface area contributed by atoms with Crippen LogP contribution in [0.15, 0.2) is 0 Å². The molecule has 0 aliphatic carbocycles. The van der Waals surface area contributed by atoms with Crippen molar-refractivity contribution < 1.29 is 19.4 Å². The van der Waals surface area contributed by atoms with E-state index in [1.54, 1.807) is 0 Å². The molecule has 2 aliphatic rings. The summed E-state index contributed by atoms with van der Waals surface area (Å²) < 4.78 is 5.49. The minimum Gasteiger partial charge on any atom is -0.480 e. The molecule has 21 heavy (non-hydrogen) atoms. The van der Waals surface area contributed by atoms with Gasteiger partial charge in [0.2, 0.25) is 0 Å². The molecule has 1 amide bonds. The van der Waals surface area contributed by atoms with Crippen molar-refractivity contribution in [3.05, 3.63) is 0 Å². The number of hydrogen-bond acceptors (Lipinski definition) is 4. The summed E-state index contributed by atoms with van der Waals surface area (Å²) in [5.74, 6) is -0.974. The Morgan fingerprint density at radius 3 is 2.48 bits per heavy atom.